The van der Waals surface area contributed by atoms with Crippen molar-refractivity contribution in [1.29, 1.82) is 0 Å². The van der Waals surface area contributed by atoms with Crippen LogP contribution < -0.4 is 10.6 Å². The van der Waals surface area contributed by atoms with Crippen LogP contribution in [0.3, 0.4) is 0 Å². The topological polar surface area (TPSA) is 24.1 Å². The molecule has 4 heteroatoms. The van der Waals surface area contributed by atoms with Crippen molar-refractivity contribution in [2.75, 3.05) is 19.4 Å². The van der Waals surface area contributed by atoms with Gasteiger partial charge in [-0.05, 0) is 36.9 Å². The molecule has 0 fully saturated rings. The van der Waals surface area contributed by atoms with Crippen molar-refractivity contribution in [3.05, 3.63) is 51.2 Å². The lowest BCUT2D eigenvalue weighted by Crippen LogP contribution is -2.16. The average molecular weight is 267 g/mol. The summed E-state index contributed by atoms with van der Waals surface area (Å²) >= 11 is 7.59. The van der Waals surface area contributed by atoms with Gasteiger partial charge in [0.2, 0.25) is 0 Å². The van der Waals surface area contributed by atoms with Gasteiger partial charge in [0.25, 0.3) is 0 Å². The van der Waals surface area contributed by atoms with Gasteiger partial charge in [0, 0.05) is 17.6 Å². The van der Waals surface area contributed by atoms with Gasteiger partial charge in [-0.2, -0.15) is 0 Å². The van der Waals surface area contributed by atoms with Crippen molar-refractivity contribution in [3.63, 3.8) is 0 Å². The Morgan fingerprint density at radius 3 is 2.24 bits per heavy atom. The van der Waals surface area contributed by atoms with E-state index in [1.807, 2.05) is 20.2 Å². The van der Waals surface area contributed by atoms with Crippen molar-refractivity contribution >= 4 is 28.6 Å². The molecule has 1 atom stereocenters. The summed E-state index contributed by atoms with van der Waals surface area (Å²) in [4.78, 5) is 1.23. The SMILES string of the molecule is CNc1ccc(C(NC)c2ccc(Cl)s2)cc1. The molecule has 17 heavy (non-hydrogen) atoms. The molecule has 0 bridgehead atoms. The maximum atomic E-state index is 5.98. The van der Waals surface area contributed by atoms with E-state index in [-0.39, 0.29) is 6.04 Å². The Labute approximate surface area is 111 Å². The predicted octanol–water partition coefficient (Wildman–Crippen LogP) is 3.75. The van der Waals surface area contributed by atoms with E-state index in [4.69, 9.17) is 11.6 Å². The minimum absolute atomic E-state index is 0.207. The molecule has 2 N–H and O–H groups in total. The van der Waals surface area contributed by atoms with Crippen LogP contribution in [0.2, 0.25) is 4.34 Å². The Morgan fingerprint density at radius 2 is 1.76 bits per heavy atom. The number of halogens is 1. The number of nitrogens with one attached hydrogen (secondary N) is 2. The third kappa shape index (κ3) is 2.80. The molecule has 0 saturated carbocycles. The monoisotopic (exact) mass is 266 g/mol. The minimum Gasteiger partial charge on any atom is -0.388 e. The zero-order valence-electron chi connectivity index (χ0n) is 9.83. The summed E-state index contributed by atoms with van der Waals surface area (Å²) in [7, 11) is 3.88. The minimum atomic E-state index is 0.207. The van der Waals surface area contributed by atoms with Crippen LogP contribution in [0.4, 0.5) is 5.69 Å². The van der Waals surface area contributed by atoms with Crippen molar-refractivity contribution in [2.45, 2.75) is 6.04 Å². The van der Waals surface area contributed by atoms with Gasteiger partial charge in [-0.1, -0.05) is 23.7 Å². The molecule has 90 valence electrons. The Kier molecular flexibility index (Phi) is 4.05. The first-order valence-electron chi connectivity index (χ1n) is 5.45. The number of hydrogen-bond acceptors (Lipinski definition) is 3. The lowest BCUT2D eigenvalue weighted by atomic mass is 10.1. The summed E-state index contributed by atoms with van der Waals surface area (Å²) in [5.41, 5.74) is 2.36. The molecule has 2 aromatic rings. The quantitative estimate of drug-likeness (QED) is 0.881. The van der Waals surface area contributed by atoms with Crippen molar-refractivity contribution < 1.29 is 0 Å². The van der Waals surface area contributed by atoms with Crippen LogP contribution in [0.15, 0.2) is 36.4 Å². The normalized spacial score (nSPS) is 12.4. The van der Waals surface area contributed by atoms with Crippen LogP contribution in [0.1, 0.15) is 16.5 Å². The molecule has 0 aliphatic carbocycles. The van der Waals surface area contributed by atoms with Gasteiger partial charge in [0.15, 0.2) is 0 Å². The van der Waals surface area contributed by atoms with Gasteiger partial charge in [-0.15, -0.1) is 11.3 Å². The second-order valence-electron chi connectivity index (χ2n) is 3.74. The van der Waals surface area contributed by atoms with E-state index < -0.39 is 0 Å². The molecule has 2 nitrogen and oxygen atoms in total. The Morgan fingerprint density at radius 1 is 1.06 bits per heavy atom. The highest BCUT2D eigenvalue weighted by Gasteiger charge is 2.13. The molecular formula is C13H15ClN2S. The Balaban J connectivity index is 2.28. The molecule has 0 radical (unpaired) electrons. The van der Waals surface area contributed by atoms with E-state index in [1.54, 1.807) is 11.3 Å². The summed E-state index contributed by atoms with van der Waals surface area (Å²) in [6, 6.07) is 12.6. The molecule has 1 heterocycles. The Bertz CT molecular complexity index is 478. The van der Waals surface area contributed by atoms with Crippen LogP contribution in [-0.2, 0) is 0 Å². The third-order valence-corrected chi connectivity index (χ3v) is 4.00. The third-order valence-electron chi connectivity index (χ3n) is 2.70. The van der Waals surface area contributed by atoms with Crippen LogP contribution in [-0.4, -0.2) is 14.1 Å². The highest BCUT2D eigenvalue weighted by atomic mass is 35.5. The molecule has 1 aromatic carbocycles. The highest BCUT2D eigenvalue weighted by molar-refractivity contribution is 7.16. The average Bonchev–Trinajstić information content (AvgIpc) is 2.78. The second kappa shape index (κ2) is 5.54. The maximum absolute atomic E-state index is 5.98. The standard InChI is InChI=1S/C13H15ClN2S/c1-15-10-5-3-9(4-6-10)13(16-2)11-7-8-12(14)17-11/h3-8,13,15-16H,1-2H3. The summed E-state index contributed by atoms with van der Waals surface area (Å²) in [5.74, 6) is 0. The van der Waals surface area contributed by atoms with Crippen LogP contribution in [0, 0.1) is 0 Å². The zero-order chi connectivity index (χ0) is 12.3. The first-order valence-corrected chi connectivity index (χ1v) is 6.64. The van der Waals surface area contributed by atoms with E-state index in [1.165, 1.54) is 10.4 Å². The molecule has 0 aliphatic heterocycles. The summed E-state index contributed by atoms with van der Waals surface area (Å²) in [6.07, 6.45) is 0. The summed E-state index contributed by atoms with van der Waals surface area (Å²) in [5, 5.41) is 6.43. The molecule has 0 aliphatic rings. The predicted molar refractivity (Wildman–Crippen MR) is 76.2 cm³/mol. The number of hydrogen-bond donors (Lipinski definition) is 2. The first-order chi connectivity index (χ1) is 8.24. The molecule has 0 saturated heterocycles. The lowest BCUT2D eigenvalue weighted by molar-refractivity contribution is 0.704. The molecule has 1 aromatic heterocycles. The smallest absolute Gasteiger partial charge is 0.0931 e. The second-order valence-corrected chi connectivity index (χ2v) is 5.48. The fourth-order valence-corrected chi connectivity index (χ4v) is 3.00. The van der Waals surface area contributed by atoms with E-state index in [2.05, 4.69) is 41.0 Å². The van der Waals surface area contributed by atoms with Crippen LogP contribution in [0.5, 0.6) is 0 Å². The van der Waals surface area contributed by atoms with E-state index in [9.17, 15) is 0 Å². The van der Waals surface area contributed by atoms with Gasteiger partial charge in [0.1, 0.15) is 0 Å². The number of benzene rings is 1. The number of thiophene rings is 1. The fourth-order valence-electron chi connectivity index (χ4n) is 1.80. The lowest BCUT2D eigenvalue weighted by Gasteiger charge is -2.15. The fraction of sp³-hybridized carbons (Fsp3) is 0.231. The van der Waals surface area contributed by atoms with Gasteiger partial charge < -0.3 is 10.6 Å². The van der Waals surface area contributed by atoms with Gasteiger partial charge in [-0.3, -0.25) is 0 Å². The molecular weight excluding hydrogens is 252 g/mol. The summed E-state index contributed by atoms with van der Waals surface area (Å²) in [6.45, 7) is 0. The number of rotatable bonds is 4. The Hall–Kier alpha value is -1.03. The highest BCUT2D eigenvalue weighted by Crippen LogP contribution is 2.31. The molecule has 0 amide bonds. The van der Waals surface area contributed by atoms with Crippen LogP contribution in [0.25, 0.3) is 0 Å². The van der Waals surface area contributed by atoms with Crippen molar-refractivity contribution in [1.82, 2.24) is 5.32 Å². The maximum Gasteiger partial charge on any atom is 0.0931 e. The van der Waals surface area contributed by atoms with Crippen LogP contribution >= 0.6 is 22.9 Å². The van der Waals surface area contributed by atoms with E-state index >= 15 is 0 Å². The van der Waals surface area contributed by atoms with E-state index in [0.717, 1.165) is 10.0 Å². The van der Waals surface area contributed by atoms with Crippen molar-refractivity contribution in [2.24, 2.45) is 0 Å². The van der Waals surface area contributed by atoms with Crippen molar-refractivity contribution in [3.8, 4) is 0 Å². The van der Waals surface area contributed by atoms with Gasteiger partial charge >= 0.3 is 0 Å². The van der Waals surface area contributed by atoms with Gasteiger partial charge in [-0.25, -0.2) is 0 Å². The molecule has 2 rings (SSSR count). The molecule has 1 unspecified atom stereocenters. The molecule has 0 spiro atoms. The number of anilines is 1. The largest absolute Gasteiger partial charge is 0.388 e. The van der Waals surface area contributed by atoms with Gasteiger partial charge in [0.05, 0.1) is 10.4 Å². The van der Waals surface area contributed by atoms with E-state index in [0.29, 0.717) is 0 Å². The summed E-state index contributed by atoms with van der Waals surface area (Å²) < 4.78 is 0.826. The first kappa shape index (κ1) is 12.4. The zero-order valence-corrected chi connectivity index (χ0v) is 11.4.